The van der Waals surface area contributed by atoms with Gasteiger partial charge in [-0.15, -0.1) is 0 Å². The predicted molar refractivity (Wildman–Crippen MR) is 137 cm³/mol. The first-order valence-corrected chi connectivity index (χ1v) is 12.7. The third-order valence-electron chi connectivity index (χ3n) is 6.86. The first kappa shape index (κ1) is 25.6. The largest absolute Gasteiger partial charge is 0.377 e. The van der Waals surface area contributed by atoms with Gasteiger partial charge < -0.3 is 10.6 Å². The highest BCUT2D eigenvalue weighted by Crippen LogP contribution is 2.31. The fraction of sp³-hybridized carbons (Fsp3) is 0.379. The van der Waals surface area contributed by atoms with Crippen LogP contribution in [0, 0.1) is 12.7 Å². The number of allylic oxidation sites excluding steroid dienone is 4. The Bertz CT molecular complexity index is 1150. The van der Waals surface area contributed by atoms with Gasteiger partial charge in [-0.25, -0.2) is 8.78 Å². The number of carbonyl (C=O) groups excluding carboxylic acids is 2. The Labute approximate surface area is 211 Å². The number of rotatable bonds is 8. The van der Waals surface area contributed by atoms with Crippen LogP contribution in [0.25, 0.3) is 0 Å². The molecular weight excluding hydrogens is 460 g/mol. The maximum absolute atomic E-state index is 14.3. The second-order valence-corrected chi connectivity index (χ2v) is 9.47. The molecule has 2 N–H and O–H groups in total. The van der Waals surface area contributed by atoms with E-state index in [0.29, 0.717) is 24.1 Å². The summed E-state index contributed by atoms with van der Waals surface area (Å²) >= 11 is 0. The number of hydrogen-bond donors (Lipinski definition) is 2. The van der Waals surface area contributed by atoms with Crippen LogP contribution in [0.15, 0.2) is 72.2 Å². The van der Waals surface area contributed by atoms with Gasteiger partial charge in [0.1, 0.15) is 17.7 Å². The number of amides is 2. The van der Waals surface area contributed by atoms with E-state index in [4.69, 9.17) is 0 Å². The zero-order chi connectivity index (χ0) is 25.5. The highest BCUT2D eigenvalue weighted by atomic mass is 19.1. The van der Waals surface area contributed by atoms with Gasteiger partial charge in [0, 0.05) is 17.4 Å². The van der Waals surface area contributed by atoms with Gasteiger partial charge in [-0.2, -0.15) is 0 Å². The van der Waals surface area contributed by atoms with Crippen molar-refractivity contribution in [1.82, 2.24) is 10.6 Å². The smallest absolute Gasteiger partial charge is 0.248 e. The van der Waals surface area contributed by atoms with Crippen molar-refractivity contribution < 1.29 is 18.4 Å². The van der Waals surface area contributed by atoms with Crippen LogP contribution >= 0.6 is 0 Å². The number of benzene rings is 2. The summed E-state index contributed by atoms with van der Waals surface area (Å²) in [5.74, 6) is -1.68. The summed E-state index contributed by atoms with van der Waals surface area (Å²) in [7, 11) is 0. The molecule has 190 valence electrons. The summed E-state index contributed by atoms with van der Waals surface area (Å²) in [5.41, 5.74) is 2.13. The van der Waals surface area contributed by atoms with Crippen LogP contribution in [-0.4, -0.2) is 24.4 Å². The van der Waals surface area contributed by atoms with Crippen LogP contribution in [0.3, 0.4) is 0 Å². The molecule has 1 atom stereocenters. The zero-order valence-corrected chi connectivity index (χ0v) is 20.6. The molecule has 0 aromatic heterocycles. The Morgan fingerprint density at radius 2 is 1.83 bits per heavy atom. The Hall–Kier alpha value is -3.48. The van der Waals surface area contributed by atoms with Crippen LogP contribution in [0.1, 0.15) is 62.1 Å². The highest BCUT2D eigenvalue weighted by molar-refractivity contribution is 6.02. The molecule has 4 rings (SSSR count). The summed E-state index contributed by atoms with van der Waals surface area (Å²) in [6.07, 6.45) is 9.28. The topological polar surface area (TPSA) is 61.4 Å². The number of aryl methyl sites for hydroxylation is 1. The maximum atomic E-state index is 14.3. The van der Waals surface area contributed by atoms with E-state index in [-0.39, 0.29) is 24.2 Å². The van der Waals surface area contributed by atoms with Crippen molar-refractivity contribution in [2.45, 2.75) is 64.0 Å². The van der Waals surface area contributed by atoms with Crippen molar-refractivity contribution in [3.05, 3.63) is 89.2 Å². The van der Waals surface area contributed by atoms with Crippen molar-refractivity contribution in [3.8, 4) is 0 Å². The second-order valence-electron chi connectivity index (χ2n) is 9.47. The van der Waals surface area contributed by atoms with E-state index in [1.807, 2.05) is 31.2 Å². The molecule has 0 saturated heterocycles. The van der Waals surface area contributed by atoms with Crippen LogP contribution in [0.2, 0.25) is 0 Å². The standard InChI is InChI=1S/C29H33F2N3O2/c1-20-10-5-6-15-24(20)28(29(36)33-22-12-3-2-4-13-22)34(23-14-9-11-21(30)18-23)27(35)19-32-26-17-8-7-16-25(26)31/h5-7,9-11,14-16,18,22,28,32H,2-4,8,12-13,17,19H2,1H3,(H,33,36). The Morgan fingerprint density at radius 3 is 2.56 bits per heavy atom. The summed E-state index contributed by atoms with van der Waals surface area (Å²) in [4.78, 5) is 28.9. The summed E-state index contributed by atoms with van der Waals surface area (Å²) in [6, 6.07) is 12.1. The van der Waals surface area contributed by atoms with E-state index >= 15 is 0 Å². The number of nitrogens with one attached hydrogen (secondary N) is 2. The normalized spacial score (nSPS) is 17.0. The number of halogens is 2. The number of carbonyl (C=O) groups is 2. The van der Waals surface area contributed by atoms with E-state index in [2.05, 4.69) is 10.6 Å². The quantitative estimate of drug-likeness (QED) is 0.490. The van der Waals surface area contributed by atoms with E-state index in [1.54, 1.807) is 12.1 Å². The second kappa shape index (κ2) is 12.0. The van der Waals surface area contributed by atoms with Gasteiger partial charge >= 0.3 is 0 Å². The molecule has 2 amide bonds. The molecule has 7 heteroatoms. The average Bonchev–Trinajstić information content (AvgIpc) is 2.87. The van der Waals surface area contributed by atoms with Gasteiger partial charge in [-0.3, -0.25) is 14.5 Å². The van der Waals surface area contributed by atoms with Gasteiger partial charge in [0.25, 0.3) is 0 Å². The minimum Gasteiger partial charge on any atom is -0.377 e. The lowest BCUT2D eigenvalue weighted by atomic mass is 9.93. The monoisotopic (exact) mass is 493 g/mol. The van der Waals surface area contributed by atoms with Gasteiger partial charge in [0.05, 0.1) is 6.54 Å². The van der Waals surface area contributed by atoms with Crippen LogP contribution in [0.5, 0.6) is 0 Å². The minimum atomic E-state index is -1.01. The Morgan fingerprint density at radius 1 is 1.06 bits per heavy atom. The molecule has 0 aliphatic heterocycles. The van der Waals surface area contributed by atoms with Crippen LogP contribution < -0.4 is 15.5 Å². The van der Waals surface area contributed by atoms with Crippen molar-refractivity contribution in [1.29, 1.82) is 0 Å². The molecule has 0 spiro atoms. The molecular formula is C29H33F2N3O2. The van der Waals surface area contributed by atoms with Crippen LogP contribution in [0.4, 0.5) is 14.5 Å². The van der Waals surface area contributed by atoms with Crippen molar-refractivity contribution in [2.24, 2.45) is 0 Å². The molecule has 1 fully saturated rings. The van der Waals surface area contributed by atoms with E-state index < -0.39 is 23.6 Å². The molecule has 5 nitrogen and oxygen atoms in total. The number of anilines is 1. The van der Waals surface area contributed by atoms with Gasteiger partial charge in [-0.1, -0.05) is 55.7 Å². The Balaban J connectivity index is 1.71. The van der Waals surface area contributed by atoms with E-state index in [9.17, 15) is 18.4 Å². The number of nitrogens with zero attached hydrogens (tertiary/aromatic N) is 1. The van der Waals surface area contributed by atoms with Gasteiger partial charge in [-0.05, 0) is 68.0 Å². The fourth-order valence-corrected chi connectivity index (χ4v) is 4.96. The molecule has 2 aliphatic rings. The van der Waals surface area contributed by atoms with E-state index in [1.165, 1.54) is 29.2 Å². The van der Waals surface area contributed by atoms with E-state index in [0.717, 1.165) is 37.7 Å². The van der Waals surface area contributed by atoms with Gasteiger partial charge in [0.2, 0.25) is 11.8 Å². The molecule has 0 heterocycles. The lowest BCUT2D eigenvalue weighted by Gasteiger charge is -2.34. The SMILES string of the molecule is Cc1ccccc1C(C(=O)NC1CCCCC1)N(C(=O)CNC1=C(F)C=CCC1)c1cccc(F)c1. The molecule has 36 heavy (non-hydrogen) atoms. The molecule has 1 saturated carbocycles. The summed E-state index contributed by atoms with van der Waals surface area (Å²) < 4.78 is 28.6. The molecule has 1 unspecified atom stereocenters. The number of hydrogen-bond acceptors (Lipinski definition) is 3. The summed E-state index contributed by atoms with van der Waals surface area (Å²) in [6.45, 7) is 1.66. The van der Waals surface area contributed by atoms with Crippen molar-refractivity contribution in [2.75, 3.05) is 11.4 Å². The molecule has 0 radical (unpaired) electrons. The molecule has 2 aliphatic carbocycles. The van der Waals surface area contributed by atoms with Gasteiger partial charge in [0.15, 0.2) is 0 Å². The van der Waals surface area contributed by atoms with Crippen LogP contribution in [-0.2, 0) is 9.59 Å². The average molecular weight is 494 g/mol. The molecule has 2 aromatic rings. The fourth-order valence-electron chi connectivity index (χ4n) is 4.96. The lowest BCUT2D eigenvalue weighted by Crippen LogP contribution is -2.49. The molecule has 2 aromatic carbocycles. The molecule has 0 bridgehead atoms. The lowest BCUT2D eigenvalue weighted by molar-refractivity contribution is -0.127. The third kappa shape index (κ3) is 6.20. The predicted octanol–water partition coefficient (Wildman–Crippen LogP) is 5.78. The first-order valence-electron chi connectivity index (χ1n) is 12.7. The highest BCUT2D eigenvalue weighted by Gasteiger charge is 2.35. The maximum Gasteiger partial charge on any atom is 0.248 e. The minimum absolute atomic E-state index is 0.0358. The summed E-state index contributed by atoms with van der Waals surface area (Å²) in [5, 5.41) is 6.07. The Kier molecular flexibility index (Phi) is 8.52. The third-order valence-corrected chi connectivity index (χ3v) is 6.86. The van der Waals surface area contributed by atoms with Crippen molar-refractivity contribution in [3.63, 3.8) is 0 Å². The zero-order valence-electron chi connectivity index (χ0n) is 20.6. The van der Waals surface area contributed by atoms with Crippen molar-refractivity contribution >= 4 is 17.5 Å². The first-order chi connectivity index (χ1) is 17.4.